The maximum atomic E-state index is 9.44. The summed E-state index contributed by atoms with van der Waals surface area (Å²) in [6.07, 6.45) is 0. The van der Waals surface area contributed by atoms with Crippen molar-refractivity contribution < 1.29 is 4.74 Å². The molecule has 7 nitrogen and oxygen atoms in total. The normalized spacial score (nSPS) is 10.5. The molecule has 22 heavy (non-hydrogen) atoms. The molecule has 110 valence electrons. The van der Waals surface area contributed by atoms with Crippen molar-refractivity contribution >= 4 is 17.3 Å². The molecule has 0 bridgehead atoms. The first-order chi connectivity index (χ1) is 10.6. The quantitative estimate of drug-likeness (QED) is 0.797. The number of benzene rings is 1. The summed E-state index contributed by atoms with van der Waals surface area (Å²) in [5, 5.41) is 20.6. The van der Waals surface area contributed by atoms with Gasteiger partial charge in [-0.2, -0.15) is 10.2 Å². The first-order valence-electron chi connectivity index (χ1n) is 6.67. The van der Waals surface area contributed by atoms with Crippen LogP contribution >= 0.6 is 0 Å². The molecule has 0 saturated carbocycles. The van der Waals surface area contributed by atoms with Gasteiger partial charge in [-0.3, -0.25) is 4.40 Å². The van der Waals surface area contributed by atoms with Gasteiger partial charge in [0.2, 0.25) is 0 Å². The molecular formula is C15H14N6O. The van der Waals surface area contributed by atoms with Gasteiger partial charge in [-0.25, -0.2) is 0 Å². The molecule has 0 atom stereocenters. The van der Waals surface area contributed by atoms with Crippen molar-refractivity contribution in [1.82, 2.24) is 19.6 Å². The van der Waals surface area contributed by atoms with Gasteiger partial charge in [0.1, 0.15) is 23.2 Å². The van der Waals surface area contributed by atoms with Crippen LogP contribution in [0.25, 0.3) is 5.78 Å². The number of fused-ring (bicyclic) bond motifs is 1. The standard InChI is InChI=1S/C15H14N6O/c1-9-13(8-16)14(18-15-20-19-10(2)21(9)15)17-11-4-6-12(22-3)7-5-11/h4-7H,1-3H3,(H,17,18,20). The summed E-state index contributed by atoms with van der Waals surface area (Å²) in [6, 6.07) is 9.57. The Morgan fingerprint density at radius 2 is 1.91 bits per heavy atom. The van der Waals surface area contributed by atoms with E-state index in [1.165, 1.54) is 0 Å². The SMILES string of the molecule is COc1ccc(Nc2nc3nnc(C)n3c(C)c2C#N)cc1. The minimum atomic E-state index is 0.463. The Bertz CT molecular complexity index is 876. The zero-order valence-corrected chi connectivity index (χ0v) is 12.5. The Hall–Kier alpha value is -3.14. The van der Waals surface area contributed by atoms with Gasteiger partial charge in [0.15, 0.2) is 5.82 Å². The van der Waals surface area contributed by atoms with E-state index in [4.69, 9.17) is 4.74 Å². The van der Waals surface area contributed by atoms with Crippen LogP contribution in [0.5, 0.6) is 5.75 Å². The van der Waals surface area contributed by atoms with E-state index in [-0.39, 0.29) is 0 Å². The van der Waals surface area contributed by atoms with Crippen molar-refractivity contribution in [3.05, 3.63) is 41.3 Å². The molecule has 0 fully saturated rings. The van der Waals surface area contributed by atoms with E-state index >= 15 is 0 Å². The number of nitriles is 1. The summed E-state index contributed by atoms with van der Waals surface area (Å²) < 4.78 is 6.89. The Morgan fingerprint density at radius 1 is 1.18 bits per heavy atom. The largest absolute Gasteiger partial charge is 0.497 e. The zero-order valence-electron chi connectivity index (χ0n) is 12.5. The number of methoxy groups -OCH3 is 1. The molecule has 0 aliphatic heterocycles. The topological polar surface area (TPSA) is 88.1 Å². The third-order valence-electron chi connectivity index (χ3n) is 3.42. The molecule has 7 heteroatoms. The lowest BCUT2D eigenvalue weighted by Gasteiger charge is -2.11. The monoisotopic (exact) mass is 294 g/mol. The molecule has 2 aromatic heterocycles. The number of aromatic nitrogens is 4. The van der Waals surface area contributed by atoms with Gasteiger partial charge in [-0.15, -0.1) is 10.2 Å². The van der Waals surface area contributed by atoms with Crippen LogP contribution in [-0.2, 0) is 0 Å². The van der Waals surface area contributed by atoms with Crippen LogP contribution in [-0.4, -0.2) is 26.7 Å². The maximum Gasteiger partial charge on any atom is 0.257 e. The van der Waals surface area contributed by atoms with Gasteiger partial charge in [0, 0.05) is 11.4 Å². The molecule has 3 aromatic rings. The molecule has 1 N–H and O–H groups in total. The van der Waals surface area contributed by atoms with Crippen LogP contribution in [0.4, 0.5) is 11.5 Å². The van der Waals surface area contributed by atoms with Crippen LogP contribution in [0.15, 0.2) is 24.3 Å². The fourth-order valence-electron chi connectivity index (χ4n) is 2.29. The molecule has 0 unspecified atom stereocenters. The van der Waals surface area contributed by atoms with Crippen molar-refractivity contribution in [2.24, 2.45) is 0 Å². The van der Waals surface area contributed by atoms with Gasteiger partial charge in [-0.05, 0) is 38.1 Å². The number of ether oxygens (including phenoxy) is 1. The second-order valence-electron chi connectivity index (χ2n) is 4.77. The molecule has 0 spiro atoms. The van der Waals surface area contributed by atoms with E-state index in [1.807, 2.05) is 38.1 Å². The predicted molar refractivity (Wildman–Crippen MR) is 81.2 cm³/mol. The van der Waals surface area contributed by atoms with Crippen LogP contribution in [0.1, 0.15) is 17.1 Å². The van der Waals surface area contributed by atoms with E-state index in [1.54, 1.807) is 11.5 Å². The summed E-state index contributed by atoms with van der Waals surface area (Å²) in [5.74, 6) is 2.39. The minimum absolute atomic E-state index is 0.463. The second kappa shape index (κ2) is 5.33. The highest BCUT2D eigenvalue weighted by molar-refractivity contribution is 5.66. The van der Waals surface area contributed by atoms with Gasteiger partial charge < -0.3 is 10.1 Å². The fourth-order valence-corrected chi connectivity index (χ4v) is 2.29. The highest BCUT2D eigenvalue weighted by Gasteiger charge is 2.15. The van der Waals surface area contributed by atoms with Crippen LogP contribution in [0, 0.1) is 25.2 Å². The van der Waals surface area contributed by atoms with E-state index in [2.05, 4.69) is 26.6 Å². The van der Waals surface area contributed by atoms with Gasteiger partial charge >= 0.3 is 0 Å². The van der Waals surface area contributed by atoms with E-state index in [0.717, 1.165) is 17.1 Å². The average molecular weight is 294 g/mol. The Morgan fingerprint density at radius 3 is 2.55 bits per heavy atom. The van der Waals surface area contributed by atoms with Gasteiger partial charge in [0.25, 0.3) is 5.78 Å². The van der Waals surface area contributed by atoms with E-state index < -0.39 is 0 Å². The van der Waals surface area contributed by atoms with Crippen LogP contribution in [0.3, 0.4) is 0 Å². The Kier molecular flexibility index (Phi) is 3.35. The molecule has 0 aliphatic carbocycles. The summed E-state index contributed by atoms with van der Waals surface area (Å²) in [4.78, 5) is 4.39. The molecular weight excluding hydrogens is 280 g/mol. The van der Waals surface area contributed by atoms with Crippen molar-refractivity contribution in [3.63, 3.8) is 0 Å². The van der Waals surface area contributed by atoms with Gasteiger partial charge in [-0.1, -0.05) is 0 Å². The third kappa shape index (κ3) is 2.20. The number of nitrogens with one attached hydrogen (secondary N) is 1. The maximum absolute atomic E-state index is 9.44. The Balaban J connectivity index is 2.07. The van der Waals surface area contributed by atoms with Crippen molar-refractivity contribution in [2.45, 2.75) is 13.8 Å². The number of anilines is 2. The number of aryl methyl sites for hydroxylation is 2. The third-order valence-corrected chi connectivity index (χ3v) is 3.42. The lowest BCUT2D eigenvalue weighted by Crippen LogP contribution is -2.05. The van der Waals surface area contributed by atoms with E-state index in [0.29, 0.717) is 23.0 Å². The highest BCUT2D eigenvalue weighted by atomic mass is 16.5. The second-order valence-corrected chi connectivity index (χ2v) is 4.77. The van der Waals surface area contributed by atoms with Crippen molar-refractivity contribution in [3.8, 4) is 11.8 Å². The Labute approximate surface area is 127 Å². The molecule has 0 aliphatic rings. The molecule has 1 aromatic carbocycles. The number of nitrogens with zero attached hydrogens (tertiary/aromatic N) is 5. The summed E-state index contributed by atoms with van der Waals surface area (Å²) in [5.41, 5.74) is 2.03. The fraction of sp³-hybridized carbons (Fsp3) is 0.200. The summed E-state index contributed by atoms with van der Waals surface area (Å²) in [6.45, 7) is 3.68. The molecule has 0 saturated heterocycles. The first kappa shape index (κ1) is 13.8. The lowest BCUT2D eigenvalue weighted by molar-refractivity contribution is 0.415. The highest BCUT2D eigenvalue weighted by Crippen LogP contribution is 2.24. The molecule has 2 heterocycles. The van der Waals surface area contributed by atoms with Gasteiger partial charge in [0.05, 0.1) is 7.11 Å². The van der Waals surface area contributed by atoms with Crippen molar-refractivity contribution in [1.29, 1.82) is 5.26 Å². The van der Waals surface area contributed by atoms with Crippen molar-refractivity contribution in [2.75, 3.05) is 12.4 Å². The molecule has 0 radical (unpaired) electrons. The first-order valence-corrected chi connectivity index (χ1v) is 6.67. The number of rotatable bonds is 3. The molecule has 0 amide bonds. The number of hydrogen-bond acceptors (Lipinski definition) is 6. The summed E-state index contributed by atoms with van der Waals surface area (Å²) in [7, 11) is 1.61. The minimum Gasteiger partial charge on any atom is -0.497 e. The zero-order chi connectivity index (χ0) is 15.7. The molecule has 3 rings (SSSR count). The van der Waals surface area contributed by atoms with Crippen LogP contribution < -0.4 is 10.1 Å². The summed E-state index contributed by atoms with van der Waals surface area (Å²) >= 11 is 0. The average Bonchev–Trinajstić information content (AvgIpc) is 2.90. The number of hydrogen-bond donors (Lipinski definition) is 1. The van der Waals surface area contributed by atoms with E-state index in [9.17, 15) is 5.26 Å². The smallest absolute Gasteiger partial charge is 0.257 e. The van der Waals surface area contributed by atoms with Crippen LogP contribution in [0.2, 0.25) is 0 Å². The lowest BCUT2D eigenvalue weighted by atomic mass is 10.2. The predicted octanol–water partition coefficient (Wildman–Crippen LogP) is 2.37.